The third-order valence-corrected chi connectivity index (χ3v) is 5.39. The Labute approximate surface area is 160 Å². The van der Waals surface area contributed by atoms with Crippen molar-refractivity contribution >= 4 is 12.0 Å². The summed E-state index contributed by atoms with van der Waals surface area (Å²) in [4.78, 5) is 24.5. The van der Waals surface area contributed by atoms with Gasteiger partial charge in [-0.1, -0.05) is 25.3 Å². The first-order chi connectivity index (χ1) is 12.9. The highest BCUT2D eigenvalue weighted by Crippen LogP contribution is 2.42. The number of carbonyl (C=O) groups is 2. The average molecular weight is 378 g/mol. The van der Waals surface area contributed by atoms with Crippen LogP contribution in [0.1, 0.15) is 44.1 Å². The molecule has 7 heteroatoms. The van der Waals surface area contributed by atoms with E-state index in [0.29, 0.717) is 18.0 Å². The molecule has 1 fully saturated rings. The van der Waals surface area contributed by atoms with Gasteiger partial charge in [0.1, 0.15) is 0 Å². The number of hydrogen-bond donors (Lipinski definition) is 2. The molecule has 0 saturated heterocycles. The van der Waals surface area contributed by atoms with Crippen molar-refractivity contribution < 1.29 is 24.2 Å². The van der Waals surface area contributed by atoms with Crippen molar-refractivity contribution in [1.29, 1.82) is 0 Å². The number of ether oxygens (including phenoxy) is 2. The molecule has 150 valence electrons. The number of benzene rings is 1. The van der Waals surface area contributed by atoms with Crippen molar-refractivity contribution in [2.45, 2.75) is 43.9 Å². The van der Waals surface area contributed by atoms with Gasteiger partial charge in [-0.3, -0.25) is 4.79 Å². The predicted octanol–water partition coefficient (Wildman–Crippen LogP) is 3.02. The molecule has 7 nitrogen and oxygen atoms in total. The number of nitrogens with zero attached hydrogens (tertiary/aromatic N) is 1. The molecule has 1 aromatic rings. The van der Waals surface area contributed by atoms with Crippen LogP contribution < -0.4 is 14.8 Å². The molecule has 1 saturated carbocycles. The van der Waals surface area contributed by atoms with Crippen LogP contribution in [-0.4, -0.2) is 56.4 Å². The molecule has 1 aromatic carbocycles. The maximum absolute atomic E-state index is 12.4. The van der Waals surface area contributed by atoms with Crippen LogP contribution in [0.25, 0.3) is 0 Å². The van der Waals surface area contributed by atoms with E-state index in [2.05, 4.69) is 5.32 Å². The van der Waals surface area contributed by atoms with E-state index in [1.807, 2.05) is 18.2 Å². The fourth-order valence-electron chi connectivity index (χ4n) is 3.71. The number of rotatable bonds is 8. The summed E-state index contributed by atoms with van der Waals surface area (Å²) in [6.07, 6.45) is 5.33. The molecule has 27 heavy (non-hydrogen) atoms. The van der Waals surface area contributed by atoms with Crippen LogP contribution in [0.2, 0.25) is 0 Å². The van der Waals surface area contributed by atoms with E-state index in [9.17, 15) is 9.59 Å². The second kappa shape index (κ2) is 9.48. The van der Waals surface area contributed by atoms with Crippen LogP contribution in [-0.2, 0) is 10.2 Å². The van der Waals surface area contributed by atoms with Gasteiger partial charge in [-0.2, -0.15) is 0 Å². The first kappa shape index (κ1) is 20.9. The van der Waals surface area contributed by atoms with Crippen molar-refractivity contribution in [3.8, 4) is 11.5 Å². The molecule has 0 aliphatic heterocycles. The zero-order valence-electron chi connectivity index (χ0n) is 16.4. The monoisotopic (exact) mass is 378 g/mol. The van der Waals surface area contributed by atoms with Gasteiger partial charge in [0.15, 0.2) is 11.5 Å². The third-order valence-electron chi connectivity index (χ3n) is 5.39. The summed E-state index contributed by atoms with van der Waals surface area (Å²) >= 11 is 0. The van der Waals surface area contributed by atoms with Gasteiger partial charge in [-0.05, 0) is 30.5 Å². The summed E-state index contributed by atoms with van der Waals surface area (Å²) in [5.41, 5.74) is 0.981. The molecule has 0 heterocycles. The van der Waals surface area contributed by atoms with Crippen LogP contribution >= 0.6 is 0 Å². The molecule has 2 rings (SSSR count). The van der Waals surface area contributed by atoms with Crippen LogP contribution in [0.4, 0.5) is 4.79 Å². The van der Waals surface area contributed by atoms with Gasteiger partial charge in [0, 0.05) is 25.6 Å². The van der Waals surface area contributed by atoms with Crippen molar-refractivity contribution in [3.63, 3.8) is 0 Å². The Bertz CT molecular complexity index is 656. The number of carboxylic acid groups (broad SMARTS) is 1. The lowest BCUT2D eigenvalue weighted by Crippen LogP contribution is -2.46. The smallest absolute Gasteiger partial charge is 0.317 e. The van der Waals surface area contributed by atoms with Gasteiger partial charge >= 0.3 is 12.0 Å². The number of methoxy groups -OCH3 is 2. The number of carboxylic acids is 1. The molecule has 0 aromatic heterocycles. The number of urea groups is 1. The van der Waals surface area contributed by atoms with Crippen molar-refractivity contribution in [3.05, 3.63) is 23.8 Å². The van der Waals surface area contributed by atoms with Gasteiger partial charge in [-0.15, -0.1) is 0 Å². The molecule has 0 unspecified atom stereocenters. The number of aliphatic carboxylic acids is 1. The van der Waals surface area contributed by atoms with Crippen LogP contribution in [0.3, 0.4) is 0 Å². The third kappa shape index (κ3) is 5.28. The minimum Gasteiger partial charge on any atom is -0.493 e. The van der Waals surface area contributed by atoms with E-state index in [1.54, 1.807) is 21.3 Å². The van der Waals surface area contributed by atoms with E-state index < -0.39 is 5.97 Å². The minimum atomic E-state index is -0.913. The van der Waals surface area contributed by atoms with Gasteiger partial charge < -0.3 is 24.8 Å². The van der Waals surface area contributed by atoms with Crippen LogP contribution in [0, 0.1) is 0 Å². The molecule has 1 aliphatic carbocycles. The zero-order valence-corrected chi connectivity index (χ0v) is 16.4. The van der Waals surface area contributed by atoms with E-state index >= 15 is 0 Å². The summed E-state index contributed by atoms with van der Waals surface area (Å²) in [7, 11) is 4.84. The Morgan fingerprint density at radius 3 is 2.41 bits per heavy atom. The van der Waals surface area contributed by atoms with Gasteiger partial charge in [-0.25, -0.2) is 4.79 Å². The fourth-order valence-corrected chi connectivity index (χ4v) is 3.71. The molecule has 1 aliphatic rings. The molecule has 2 amide bonds. The van der Waals surface area contributed by atoms with Crippen molar-refractivity contribution in [2.75, 3.05) is 34.4 Å². The summed E-state index contributed by atoms with van der Waals surface area (Å²) in [6, 6.07) is 5.71. The van der Waals surface area contributed by atoms with Crippen molar-refractivity contribution in [1.82, 2.24) is 10.2 Å². The Balaban J connectivity index is 2.14. The second-order valence-electron chi connectivity index (χ2n) is 7.13. The molecular formula is C20H30N2O5. The number of carbonyl (C=O) groups excluding carboxylic acids is 1. The topological polar surface area (TPSA) is 88.1 Å². The lowest BCUT2D eigenvalue weighted by molar-refractivity contribution is -0.137. The van der Waals surface area contributed by atoms with E-state index in [0.717, 1.165) is 31.2 Å². The van der Waals surface area contributed by atoms with E-state index in [-0.39, 0.29) is 24.4 Å². The highest BCUT2D eigenvalue weighted by molar-refractivity contribution is 5.75. The van der Waals surface area contributed by atoms with Crippen molar-refractivity contribution in [2.24, 2.45) is 0 Å². The molecule has 0 spiro atoms. The molecule has 0 bridgehead atoms. The lowest BCUT2D eigenvalue weighted by Gasteiger charge is -2.38. The standard InChI is InChI=1S/C20H30N2O5/c1-22(12-9-18(23)24)19(25)21-14-20(10-5-4-6-11-20)15-7-8-16(26-2)17(13-15)27-3/h7-8,13H,4-6,9-12,14H2,1-3H3,(H,21,25)(H,23,24). The van der Waals surface area contributed by atoms with Crippen LogP contribution in [0.15, 0.2) is 18.2 Å². The highest BCUT2D eigenvalue weighted by atomic mass is 16.5. The molecule has 0 radical (unpaired) electrons. The SMILES string of the molecule is COc1ccc(C2(CNC(=O)N(C)CCC(=O)O)CCCCC2)cc1OC. The Morgan fingerprint density at radius 1 is 1.15 bits per heavy atom. The summed E-state index contributed by atoms with van der Waals surface area (Å²) in [6.45, 7) is 0.698. The highest BCUT2D eigenvalue weighted by Gasteiger charge is 2.35. The number of amides is 2. The largest absolute Gasteiger partial charge is 0.493 e. The Morgan fingerprint density at radius 2 is 1.81 bits per heavy atom. The summed E-state index contributed by atoms with van der Waals surface area (Å²) < 4.78 is 10.8. The Kier molecular flexibility index (Phi) is 7.33. The first-order valence-electron chi connectivity index (χ1n) is 9.35. The molecule has 0 atom stereocenters. The first-order valence-corrected chi connectivity index (χ1v) is 9.35. The summed E-state index contributed by atoms with van der Waals surface area (Å²) in [5, 5.41) is 11.8. The zero-order chi connectivity index (χ0) is 19.9. The van der Waals surface area contributed by atoms with Gasteiger partial charge in [0.2, 0.25) is 0 Å². The summed E-state index contributed by atoms with van der Waals surface area (Å²) in [5.74, 6) is 0.457. The van der Waals surface area contributed by atoms with E-state index in [4.69, 9.17) is 14.6 Å². The minimum absolute atomic E-state index is 0.0647. The van der Waals surface area contributed by atoms with Gasteiger partial charge in [0.25, 0.3) is 0 Å². The number of hydrogen-bond acceptors (Lipinski definition) is 4. The molecular weight excluding hydrogens is 348 g/mol. The second-order valence-corrected chi connectivity index (χ2v) is 7.13. The maximum atomic E-state index is 12.4. The maximum Gasteiger partial charge on any atom is 0.317 e. The van der Waals surface area contributed by atoms with Gasteiger partial charge in [0.05, 0.1) is 20.6 Å². The number of nitrogens with one attached hydrogen (secondary N) is 1. The quantitative estimate of drug-likeness (QED) is 0.726. The van der Waals surface area contributed by atoms with Crippen LogP contribution in [0.5, 0.6) is 11.5 Å². The fraction of sp³-hybridized carbons (Fsp3) is 0.600. The molecule has 2 N–H and O–H groups in total. The predicted molar refractivity (Wildman–Crippen MR) is 103 cm³/mol. The normalized spacial score (nSPS) is 15.7. The Hall–Kier alpha value is -2.44. The average Bonchev–Trinajstić information content (AvgIpc) is 2.70. The lowest BCUT2D eigenvalue weighted by atomic mass is 9.69. The van der Waals surface area contributed by atoms with E-state index in [1.165, 1.54) is 11.3 Å².